The monoisotopic (exact) mass is 311 g/mol. The Bertz CT molecular complexity index is 664. The summed E-state index contributed by atoms with van der Waals surface area (Å²) in [6, 6.07) is 6.08. The highest BCUT2D eigenvalue weighted by Gasteiger charge is 2.57. The van der Waals surface area contributed by atoms with Crippen LogP contribution in [0, 0.1) is 5.92 Å². The van der Waals surface area contributed by atoms with Gasteiger partial charge in [0.2, 0.25) is 0 Å². The molecular weight excluding hydrogens is 282 g/mol. The van der Waals surface area contributed by atoms with Gasteiger partial charge in [0.05, 0.1) is 0 Å². The number of benzene rings is 1. The zero-order chi connectivity index (χ0) is 16.2. The Labute approximate surface area is 140 Å². The van der Waals surface area contributed by atoms with Crippen molar-refractivity contribution in [3.05, 3.63) is 41.0 Å². The summed E-state index contributed by atoms with van der Waals surface area (Å²) in [5.74, 6) is 0.993. The van der Waals surface area contributed by atoms with Gasteiger partial charge in [-0.3, -0.25) is 4.90 Å². The zero-order valence-corrected chi connectivity index (χ0v) is 14.7. The largest absolute Gasteiger partial charge is 0.508 e. The number of aromatic hydroxyl groups is 1. The van der Waals surface area contributed by atoms with Crippen molar-refractivity contribution in [2.45, 2.75) is 63.3 Å². The number of hydrogen-bond acceptors (Lipinski definition) is 2. The molecule has 2 bridgehead atoms. The fraction of sp³-hybridized carbons (Fsp3) is 0.619. The quantitative estimate of drug-likeness (QED) is 0.776. The minimum absolute atomic E-state index is 0.164. The minimum Gasteiger partial charge on any atom is -0.508 e. The smallest absolute Gasteiger partial charge is 0.115 e. The number of likely N-dealkylation sites (N-methyl/N-ethyl adjacent to an activating group) is 1. The van der Waals surface area contributed by atoms with E-state index >= 15 is 0 Å². The van der Waals surface area contributed by atoms with Gasteiger partial charge in [-0.2, -0.15) is 0 Å². The van der Waals surface area contributed by atoms with Crippen LogP contribution < -0.4 is 0 Å². The first-order valence-electron chi connectivity index (χ1n) is 9.21. The molecule has 23 heavy (non-hydrogen) atoms. The van der Waals surface area contributed by atoms with Crippen molar-refractivity contribution < 1.29 is 5.11 Å². The molecule has 1 aromatic rings. The molecule has 1 N–H and O–H groups in total. The number of phenolic OH excluding ortho intramolecular Hbond substituents is 1. The normalized spacial score (nSPS) is 37.2. The molecular formula is C21H29NO. The highest BCUT2D eigenvalue weighted by molar-refractivity contribution is 5.48. The Morgan fingerprint density at radius 2 is 2.09 bits per heavy atom. The van der Waals surface area contributed by atoms with Crippen molar-refractivity contribution in [1.29, 1.82) is 0 Å². The van der Waals surface area contributed by atoms with Gasteiger partial charge in [0.15, 0.2) is 0 Å². The molecule has 3 aliphatic rings. The predicted octanol–water partition coefficient (Wildman–Crippen LogP) is 4.42. The Balaban J connectivity index is 1.92. The van der Waals surface area contributed by atoms with Gasteiger partial charge < -0.3 is 5.11 Å². The Morgan fingerprint density at radius 3 is 2.83 bits per heavy atom. The molecule has 3 atom stereocenters. The van der Waals surface area contributed by atoms with E-state index in [2.05, 4.69) is 37.9 Å². The lowest BCUT2D eigenvalue weighted by atomic mass is 9.51. The summed E-state index contributed by atoms with van der Waals surface area (Å²) in [7, 11) is 2.33. The molecule has 0 amide bonds. The number of fused-ring (bicyclic) bond motifs is 4. The van der Waals surface area contributed by atoms with Crippen molar-refractivity contribution in [3.63, 3.8) is 0 Å². The van der Waals surface area contributed by atoms with Gasteiger partial charge in [-0.25, -0.2) is 0 Å². The van der Waals surface area contributed by atoms with Crippen molar-refractivity contribution in [3.8, 4) is 5.75 Å². The maximum absolute atomic E-state index is 10.0. The number of allylic oxidation sites excluding steroid dienone is 1. The molecule has 2 aliphatic carbocycles. The molecule has 2 nitrogen and oxygen atoms in total. The van der Waals surface area contributed by atoms with Gasteiger partial charge in [0.25, 0.3) is 0 Å². The second-order valence-corrected chi connectivity index (χ2v) is 8.23. The third-order valence-corrected chi connectivity index (χ3v) is 7.34. The van der Waals surface area contributed by atoms with E-state index in [0.717, 1.165) is 13.0 Å². The first-order valence-corrected chi connectivity index (χ1v) is 9.21. The van der Waals surface area contributed by atoms with Crippen LogP contribution in [0.25, 0.3) is 0 Å². The van der Waals surface area contributed by atoms with Gasteiger partial charge in [-0.05, 0) is 86.7 Å². The third kappa shape index (κ3) is 1.97. The maximum atomic E-state index is 10.0. The summed E-state index contributed by atoms with van der Waals surface area (Å²) in [6.07, 6.45) is 10.0. The van der Waals surface area contributed by atoms with E-state index in [1.807, 2.05) is 12.1 Å². The molecule has 2 heteroatoms. The van der Waals surface area contributed by atoms with Crippen LogP contribution in [0.2, 0.25) is 0 Å². The summed E-state index contributed by atoms with van der Waals surface area (Å²) >= 11 is 0. The third-order valence-electron chi connectivity index (χ3n) is 7.34. The number of likely N-dealkylation sites (tertiary alicyclic amines) is 1. The van der Waals surface area contributed by atoms with Crippen LogP contribution in [0.15, 0.2) is 29.8 Å². The highest BCUT2D eigenvalue weighted by Crippen LogP contribution is 2.57. The summed E-state index contributed by atoms with van der Waals surface area (Å²) in [5, 5.41) is 10.0. The minimum atomic E-state index is 0.164. The number of hydrogen-bond donors (Lipinski definition) is 1. The van der Waals surface area contributed by atoms with Crippen molar-refractivity contribution in [1.82, 2.24) is 4.90 Å². The van der Waals surface area contributed by atoms with E-state index in [1.54, 1.807) is 5.57 Å². The standard InChI is InChI=1S/C21H29NO/c1-15-20(2)11-12-22(3)21(15,17-7-5-4-6-8-17)14-16-9-10-18(23)13-19(16)20/h7,9-10,13,15,23H,4-6,8,11-12,14H2,1-3H3/t15-,20-,21+/m1/s1. The van der Waals surface area contributed by atoms with E-state index in [1.165, 1.54) is 43.2 Å². The number of piperidine rings is 1. The molecule has 4 rings (SSSR count). The molecule has 1 aromatic carbocycles. The van der Waals surface area contributed by atoms with Gasteiger partial charge >= 0.3 is 0 Å². The van der Waals surface area contributed by atoms with Crippen LogP contribution in [0.4, 0.5) is 0 Å². The summed E-state index contributed by atoms with van der Waals surface area (Å²) < 4.78 is 0. The Kier molecular flexibility index (Phi) is 3.39. The average Bonchev–Trinajstić information content (AvgIpc) is 2.56. The van der Waals surface area contributed by atoms with E-state index in [0.29, 0.717) is 11.7 Å². The molecule has 0 radical (unpaired) electrons. The topological polar surface area (TPSA) is 23.5 Å². The summed E-state index contributed by atoms with van der Waals surface area (Å²) in [6.45, 7) is 6.03. The lowest BCUT2D eigenvalue weighted by Gasteiger charge is -2.62. The van der Waals surface area contributed by atoms with Crippen LogP contribution >= 0.6 is 0 Å². The first-order chi connectivity index (χ1) is 11.0. The van der Waals surface area contributed by atoms with Gasteiger partial charge in [-0.15, -0.1) is 0 Å². The SMILES string of the molecule is C[C@@H]1[C@@]2(C)CCN(C)[C@@]1(C1=CCCCC1)Cc1ccc(O)cc12. The second-order valence-electron chi connectivity index (χ2n) is 8.23. The molecule has 1 saturated heterocycles. The van der Waals surface area contributed by atoms with Crippen LogP contribution in [0.1, 0.15) is 57.1 Å². The number of nitrogens with zero attached hydrogens (tertiary/aromatic N) is 1. The predicted molar refractivity (Wildman–Crippen MR) is 94.9 cm³/mol. The van der Waals surface area contributed by atoms with Gasteiger partial charge in [0, 0.05) is 5.54 Å². The molecule has 1 fully saturated rings. The van der Waals surface area contributed by atoms with Gasteiger partial charge in [0.1, 0.15) is 5.75 Å². The van der Waals surface area contributed by atoms with E-state index in [-0.39, 0.29) is 11.0 Å². The summed E-state index contributed by atoms with van der Waals surface area (Å²) in [4.78, 5) is 2.65. The Morgan fingerprint density at radius 1 is 1.26 bits per heavy atom. The molecule has 1 heterocycles. The van der Waals surface area contributed by atoms with Crippen LogP contribution in [-0.2, 0) is 11.8 Å². The van der Waals surface area contributed by atoms with Crippen LogP contribution in [0.3, 0.4) is 0 Å². The maximum Gasteiger partial charge on any atom is 0.115 e. The molecule has 0 spiro atoms. The Hall–Kier alpha value is -1.28. The molecule has 124 valence electrons. The summed E-state index contributed by atoms with van der Waals surface area (Å²) in [5.41, 5.74) is 4.86. The lowest BCUT2D eigenvalue weighted by Crippen LogP contribution is -2.66. The fourth-order valence-electron chi connectivity index (χ4n) is 5.74. The molecule has 1 aliphatic heterocycles. The number of phenols is 1. The van der Waals surface area contributed by atoms with Crippen LogP contribution in [0.5, 0.6) is 5.75 Å². The van der Waals surface area contributed by atoms with E-state index < -0.39 is 0 Å². The molecule has 0 aromatic heterocycles. The van der Waals surface area contributed by atoms with E-state index in [9.17, 15) is 5.11 Å². The average molecular weight is 311 g/mol. The number of rotatable bonds is 1. The molecule has 0 saturated carbocycles. The van der Waals surface area contributed by atoms with Crippen LogP contribution in [-0.4, -0.2) is 29.1 Å². The first kappa shape index (κ1) is 15.3. The second kappa shape index (κ2) is 5.11. The fourth-order valence-corrected chi connectivity index (χ4v) is 5.74. The van der Waals surface area contributed by atoms with E-state index in [4.69, 9.17) is 0 Å². The highest BCUT2D eigenvalue weighted by atomic mass is 16.3. The van der Waals surface area contributed by atoms with Crippen molar-refractivity contribution in [2.75, 3.05) is 13.6 Å². The zero-order valence-electron chi connectivity index (χ0n) is 14.7. The van der Waals surface area contributed by atoms with Crippen molar-refractivity contribution in [2.24, 2.45) is 5.92 Å². The van der Waals surface area contributed by atoms with Crippen molar-refractivity contribution >= 4 is 0 Å². The molecule has 0 unspecified atom stereocenters. The lowest BCUT2D eigenvalue weighted by molar-refractivity contribution is -0.0144. The van der Waals surface area contributed by atoms with Gasteiger partial charge in [-0.1, -0.05) is 31.6 Å².